The lowest BCUT2D eigenvalue weighted by Gasteiger charge is -2.12. The van der Waals surface area contributed by atoms with Crippen molar-refractivity contribution in [3.05, 3.63) is 101 Å². The first-order valence-corrected chi connectivity index (χ1v) is 14.6. The van der Waals surface area contributed by atoms with Gasteiger partial charge in [-0.1, -0.05) is 42.5 Å². The number of carbonyl (C=O) groups is 2. The van der Waals surface area contributed by atoms with E-state index in [0.29, 0.717) is 87.7 Å². The Kier molecular flexibility index (Phi) is 13.1. The number of carbonyl (C=O) groups excluding carboxylic acids is 2. The zero-order valence-corrected chi connectivity index (χ0v) is 24.8. The maximum Gasteiger partial charge on any atom is 0.251 e. The average molecular weight is 617 g/mol. The highest BCUT2D eigenvalue weighted by atomic mass is 19.1. The van der Waals surface area contributed by atoms with Crippen LogP contribution in [0.15, 0.2) is 72.8 Å². The number of amides is 1. The van der Waals surface area contributed by atoms with E-state index in [1.807, 2.05) is 12.1 Å². The third kappa shape index (κ3) is 11.6. The van der Waals surface area contributed by atoms with Crippen LogP contribution in [0.3, 0.4) is 0 Å². The standard InChI is InChI=1S/C32H37FN8O4/c33-27-10-8-24(9-11-27)21-37-31-39-30(36-14-12-23-4-6-25(22-42)7-5-23)40-32(41-31)38-28-3-1-2-26(20-28)29(43)35-15-17-45-19-18-44-16-13-34/h1-11,20,22H,12-19,21,34H2,(H,35,43)(H3,36,37,38,39,40,41). The minimum atomic E-state index is -0.314. The van der Waals surface area contributed by atoms with Gasteiger partial charge in [0, 0.05) is 43.0 Å². The molecule has 1 amide bonds. The SMILES string of the molecule is NCCOCCOCCNC(=O)c1cccc(Nc2nc(NCCc3ccc(C=O)cc3)nc(NCc3ccc(F)cc3)n2)c1. The second-order valence-corrected chi connectivity index (χ2v) is 9.80. The topological polar surface area (TPSA) is 165 Å². The predicted molar refractivity (Wildman–Crippen MR) is 170 cm³/mol. The highest BCUT2D eigenvalue weighted by Gasteiger charge is 2.10. The summed E-state index contributed by atoms with van der Waals surface area (Å²) in [6.45, 7) is 3.42. The maximum absolute atomic E-state index is 13.3. The number of aromatic nitrogens is 3. The molecular formula is C32H37FN8O4. The van der Waals surface area contributed by atoms with Gasteiger partial charge >= 0.3 is 0 Å². The Hall–Kier alpha value is -4.98. The Morgan fingerprint density at radius 2 is 1.49 bits per heavy atom. The number of benzene rings is 3. The van der Waals surface area contributed by atoms with E-state index in [9.17, 15) is 14.0 Å². The Morgan fingerprint density at radius 1 is 0.800 bits per heavy atom. The van der Waals surface area contributed by atoms with Crippen LogP contribution in [0.2, 0.25) is 0 Å². The van der Waals surface area contributed by atoms with Crippen LogP contribution in [0.25, 0.3) is 0 Å². The van der Waals surface area contributed by atoms with Crippen LogP contribution in [-0.4, -0.2) is 73.2 Å². The minimum Gasteiger partial charge on any atom is -0.378 e. The van der Waals surface area contributed by atoms with Gasteiger partial charge in [0.1, 0.15) is 12.1 Å². The van der Waals surface area contributed by atoms with Crippen molar-refractivity contribution in [2.45, 2.75) is 13.0 Å². The van der Waals surface area contributed by atoms with Gasteiger partial charge in [0.25, 0.3) is 5.91 Å². The van der Waals surface area contributed by atoms with E-state index >= 15 is 0 Å². The molecule has 0 fully saturated rings. The number of nitrogens with one attached hydrogen (secondary N) is 4. The molecule has 0 aliphatic rings. The maximum atomic E-state index is 13.3. The molecule has 0 atom stereocenters. The van der Waals surface area contributed by atoms with Gasteiger partial charge in [-0.2, -0.15) is 15.0 Å². The Morgan fingerprint density at radius 3 is 2.22 bits per heavy atom. The summed E-state index contributed by atoms with van der Waals surface area (Å²) in [5, 5.41) is 12.4. The molecule has 6 N–H and O–H groups in total. The fraction of sp³-hybridized carbons (Fsp3) is 0.281. The van der Waals surface area contributed by atoms with Crippen molar-refractivity contribution in [2.75, 3.05) is 62.0 Å². The van der Waals surface area contributed by atoms with Crippen LogP contribution in [0, 0.1) is 5.82 Å². The fourth-order valence-corrected chi connectivity index (χ4v) is 4.07. The monoisotopic (exact) mass is 616 g/mol. The van der Waals surface area contributed by atoms with E-state index in [4.69, 9.17) is 15.2 Å². The van der Waals surface area contributed by atoms with Gasteiger partial charge in [-0.25, -0.2) is 4.39 Å². The molecule has 0 aliphatic carbocycles. The second-order valence-electron chi connectivity index (χ2n) is 9.80. The smallest absolute Gasteiger partial charge is 0.251 e. The summed E-state index contributed by atoms with van der Waals surface area (Å²) < 4.78 is 24.0. The number of aldehydes is 1. The van der Waals surface area contributed by atoms with E-state index in [0.717, 1.165) is 17.4 Å². The highest BCUT2D eigenvalue weighted by molar-refractivity contribution is 5.95. The van der Waals surface area contributed by atoms with Crippen LogP contribution in [0.5, 0.6) is 0 Å². The average Bonchev–Trinajstić information content (AvgIpc) is 3.06. The summed E-state index contributed by atoms with van der Waals surface area (Å²) in [6, 6.07) is 20.4. The summed E-state index contributed by atoms with van der Waals surface area (Å²) in [4.78, 5) is 37.1. The number of nitrogens with zero attached hydrogens (tertiary/aromatic N) is 3. The van der Waals surface area contributed by atoms with E-state index in [1.165, 1.54) is 12.1 Å². The van der Waals surface area contributed by atoms with Gasteiger partial charge in [-0.3, -0.25) is 9.59 Å². The zero-order valence-electron chi connectivity index (χ0n) is 24.8. The van der Waals surface area contributed by atoms with Gasteiger partial charge in [-0.15, -0.1) is 0 Å². The van der Waals surface area contributed by atoms with Crippen molar-refractivity contribution >= 4 is 35.7 Å². The first-order chi connectivity index (χ1) is 22.0. The number of hydrogen-bond acceptors (Lipinski definition) is 11. The fourth-order valence-electron chi connectivity index (χ4n) is 4.07. The molecule has 236 valence electrons. The van der Waals surface area contributed by atoms with Crippen molar-refractivity contribution < 1.29 is 23.5 Å². The third-order valence-corrected chi connectivity index (χ3v) is 6.36. The van der Waals surface area contributed by atoms with Crippen LogP contribution >= 0.6 is 0 Å². The van der Waals surface area contributed by atoms with E-state index < -0.39 is 0 Å². The molecule has 0 spiro atoms. The molecule has 1 heterocycles. The number of anilines is 4. The molecular weight excluding hydrogens is 579 g/mol. The molecule has 0 bridgehead atoms. The number of ether oxygens (including phenoxy) is 2. The van der Waals surface area contributed by atoms with Crippen molar-refractivity contribution in [1.29, 1.82) is 0 Å². The Bertz CT molecular complexity index is 1510. The summed E-state index contributed by atoms with van der Waals surface area (Å²) >= 11 is 0. The summed E-state index contributed by atoms with van der Waals surface area (Å²) in [5.74, 6) is 0.332. The highest BCUT2D eigenvalue weighted by Crippen LogP contribution is 2.18. The molecule has 12 nitrogen and oxygen atoms in total. The quantitative estimate of drug-likeness (QED) is 0.0773. The van der Waals surface area contributed by atoms with Crippen LogP contribution < -0.4 is 27.0 Å². The molecule has 0 saturated carbocycles. The first-order valence-electron chi connectivity index (χ1n) is 14.6. The largest absolute Gasteiger partial charge is 0.378 e. The van der Waals surface area contributed by atoms with Gasteiger partial charge < -0.3 is 36.5 Å². The molecule has 0 saturated heterocycles. The molecule has 3 aromatic carbocycles. The van der Waals surface area contributed by atoms with E-state index in [-0.39, 0.29) is 17.7 Å². The Balaban J connectivity index is 1.38. The van der Waals surface area contributed by atoms with E-state index in [1.54, 1.807) is 48.5 Å². The number of nitrogens with two attached hydrogens (primary N) is 1. The van der Waals surface area contributed by atoms with Crippen molar-refractivity contribution in [1.82, 2.24) is 20.3 Å². The molecule has 1 aromatic heterocycles. The summed E-state index contributed by atoms with van der Waals surface area (Å²) in [6.07, 6.45) is 1.49. The van der Waals surface area contributed by atoms with Gasteiger partial charge in [-0.05, 0) is 47.9 Å². The molecule has 4 rings (SSSR count). The minimum absolute atomic E-state index is 0.248. The molecule has 0 radical (unpaired) electrons. The number of hydrogen-bond donors (Lipinski definition) is 5. The molecule has 45 heavy (non-hydrogen) atoms. The van der Waals surface area contributed by atoms with Gasteiger partial charge in [0.05, 0.1) is 26.4 Å². The zero-order chi connectivity index (χ0) is 31.7. The lowest BCUT2D eigenvalue weighted by atomic mass is 10.1. The van der Waals surface area contributed by atoms with Gasteiger partial charge in [0.15, 0.2) is 0 Å². The third-order valence-electron chi connectivity index (χ3n) is 6.36. The predicted octanol–water partition coefficient (Wildman–Crippen LogP) is 3.56. The number of halogens is 1. The van der Waals surface area contributed by atoms with Crippen molar-refractivity contribution in [3.8, 4) is 0 Å². The number of rotatable bonds is 19. The normalized spacial score (nSPS) is 10.7. The first kappa shape index (κ1) is 32.9. The van der Waals surface area contributed by atoms with Crippen molar-refractivity contribution in [2.24, 2.45) is 5.73 Å². The van der Waals surface area contributed by atoms with Crippen molar-refractivity contribution in [3.63, 3.8) is 0 Å². The van der Waals surface area contributed by atoms with Crippen LogP contribution in [0.4, 0.5) is 27.9 Å². The molecule has 4 aromatic rings. The molecule has 0 unspecified atom stereocenters. The summed E-state index contributed by atoms with van der Waals surface area (Å²) in [5.41, 5.74) is 8.95. The van der Waals surface area contributed by atoms with E-state index in [2.05, 4.69) is 36.2 Å². The lowest BCUT2D eigenvalue weighted by molar-refractivity contribution is 0.0511. The Labute approximate surface area is 261 Å². The second kappa shape index (κ2) is 18.0. The summed E-state index contributed by atoms with van der Waals surface area (Å²) in [7, 11) is 0. The van der Waals surface area contributed by atoms with Crippen LogP contribution in [0.1, 0.15) is 31.8 Å². The van der Waals surface area contributed by atoms with Gasteiger partial charge in [0.2, 0.25) is 17.8 Å². The molecule has 0 aliphatic heterocycles. The lowest BCUT2D eigenvalue weighted by Crippen LogP contribution is -2.27. The van der Waals surface area contributed by atoms with Crippen LogP contribution in [-0.2, 0) is 22.4 Å². The molecule has 13 heteroatoms.